The van der Waals surface area contributed by atoms with Crippen molar-refractivity contribution in [3.05, 3.63) is 6.04 Å². The zero-order chi connectivity index (χ0) is 17.9. The lowest BCUT2D eigenvalue weighted by atomic mass is 9.91. The van der Waals surface area contributed by atoms with Gasteiger partial charge in [0.05, 0.1) is 0 Å². The first-order chi connectivity index (χ1) is 9.37. The highest BCUT2D eigenvalue weighted by Crippen LogP contribution is 2.61. The summed E-state index contributed by atoms with van der Waals surface area (Å²) in [6.07, 6.45) is -31.0. The summed E-state index contributed by atoms with van der Waals surface area (Å²) < 4.78 is 152. The van der Waals surface area contributed by atoms with Crippen LogP contribution in [-0.2, 0) is 4.74 Å². The lowest BCUT2D eigenvalue weighted by Crippen LogP contribution is -2.65. The molecule has 0 spiro atoms. The predicted octanol–water partition coefficient (Wildman–Crippen LogP) is 3.92. The van der Waals surface area contributed by atoms with Crippen molar-refractivity contribution in [1.29, 1.82) is 0 Å². The molecule has 1 amide bonds. The van der Waals surface area contributed by atoms with Gasteiger partial charge in [0.25, 0.3) is 6.18 Å². The summed E-state index contributed by atoms with van der Waals surface area (Å²) in [6.45, 7) is 0. The fraction of sp³-hybridized carbons (Fsp3) is 0.714. The number of ether oxygens (including phenoxy) is 1. The minimum absolute atomic E-state index is 2.52. The van der Waals surface area contributed by atoms with Gasteiger partial charge < -0.3 is 9.64 Å². The molecular weight excluding hydrogens is 358 g/mol. The van der Waals surface area contributed by atoms with Crippen LogP contribution in [0, 0.1) is 6.04 Å². The van der Waals surface area contributed by atoms with E-state index >= 15 is 0 Å². The van der Waals surface area contributed by atoms with Crippen LogP contribution in [0.2, 0.25) is 0 Å². The van der Waals surface area contributed by atoms with Crippen molar-refractivity contribution < 1.29 is 62.2 Å². The van der Waals surface area contributed by atoms with E-state index in [1.165, 1.54) is 0 Å². The molecule has 1 saturated heterocycles. The normalized spacial score (nSPS) is 21.3. The molecule has 0 atom stereocenters. The van der Waals surface area contributed by atoms with Crippen LogP contribution in [0.1, 0.15) is 0 Å². The summed E-state index contributed by atoms with van der Waals surface area (Å²) in [5.74, 6) is 0. The number of amides is 1. The maximum Gasteiger partial charge on any atom is 0.461 e. The molecule has 1 aliphatic rings. The summed E-state index contributed by atoms with van der Waals surface area (Å²) in [5, 5.41) is 0. The second-order valence-corrected chi connectivity index (χ2v) is 3.69. The molecule has 0 radical (unpaired) electrons. The summed E-state index contributed by atoms with van der Waals surface area (Å²) in [6, 6.07) is -4.28. The zero-order valence-electron chi connectivity index (χ0n) is 9.30. The number of hydrogen-bond acceptors (Lipinski definition) is 2. The first-order valence-electron chi connectivity index (χ1n) is 4.55. The number of halogens is 12. The number of carbonyl (C=O) groups excluding carboxylic acids is 1. The van der Waals surface area contributed by atoms with Gasteiger partial charge in [-0.1, -0.05) is 0 Å². The van der Waals surface area contributed by atoms with E-state index in [4.69, 9.17) is 0 Å². The SMILES string of the molecule is O=C1OC(C(F)(F)F)(C(F)(F)F)[C-](C(F)(F)F)N1C(F)(F)F. The van der Waals surface area contributed by atoms with Gasteiger partial charge in [-0.3, -0.25) is 0 Å². The van der Waals surface area contributed by atoms with E-state index in [1.54, 1.807) is 0 Å². The Morgan fingerprint density at radius 3 is 1.41 bits per heavy atom. The number of cyclic esters (lactones) is 1. The van der Waals surface area contributed by atoms with Crippen LogP contribution in [0.15, 0.2) is 0 Å². The molecule has 22 heavy (non-hydrogen) atoms. The Morgan fingerprint density at radius 2 is 1.18 bits per heavy atom. The van der Waals surface area contributed by atoms with Crippen LogP contribution < -0.4 is 0 Å². The van der Waals surface area contributed by atoms with Gasteiger partial charge in [-0.15, -0.1) is 0 Å². The van der Waals surface area contributed by atoms with Gasteiger partial charge >= 0.3 is 24.7 Å². The van der Waals surface area contributed by atoms with Gasteiger partial charge in [0.2, 0.25) is 5.60 Å². The van der Waals surface area contributed by atoms with Gasteiger partial charge in [0.15, 0.2) is 0 Å². The number of alkyl halides is 12. The Labute approximate surface area is 111 Å². The monoisotopic (exact) mass is 358 g/mol. The van der Waals surface area contributed by atoms with Crippen molar-refractivity contribution in [2.24, 2.45) is 0 Å². The molecule has 0 unspecified atom stereocenters. The quantitative estimate of drug-likeness (QED) is 0.373. The smallest absolute Gasteiger partial charge is 0.456 e. The van der Waals surface area contributed by atoms with Crippen LogP contribution in [0.3, 0.4) is 0 Å². The predicted molar refractivity (Wildman–Crippen MR) is 38.5 cm³/mol. The molecule has 3 nitrogen and oxygen atoms in total. The maximum atomic E-state index is 12.5. The third-order valence-corrected chi connectivity index (χ3v) is 2.30. The Bertz CT molecular complexity index is 442. The van der Waals surface area contributed by atoms with Crippen LogP contribution in [-0.4, -0.2) is 41.4 Å². The summed E-state index contributed by atoms with van der Waals surface area (Å²) in [5.41, 5.74) is -6.48. The highest BCUT2D eigenvalue weighted by Gasteiger charge is 2.80. The first-order valence-corrected chi connectivity index (χ1v) is 4.55. The topological polar surface area (TPSA) is 29.5 Å². The number of rotatable bonds is 0. The molecule has 1 rings (SSSR count). The molecule has 1 fully saturated rings. The third-order valence-electron chi connectivity index (χ3n) is 2.30. The highest BCUT2D eigenvalue weighted by molar-refractivity contribution is 5.75. The van der Waals surface area contributed by atoms with E-state index in [9.17, 15) is 57.5 Å². The molecule has 0 aromatic heterocycles. The van der Waals surface area contributed by atoms with E-state index in [2.05, 4.69) is 4.74 Å². The molecule has 0 aliphatic carbocycles. The first kappa shape index (κ1) is 18.5. The van der Waals surface area contributed by atoms with Crippen molar-refractivity contribution in [1.82, 2.24) is 4.90 Å². The van der Waals surface area contributed by atoms with Crippen LogP contribution in [0.4, 0.5) is 57.5 Å². The van der Waals surface area contributed by atoms with Gasteiger partial charge in [-0.05, 0) is 6.04 Å². The van der Waals surface area contributed by atoms with E-state index in [-0.39, 0.29) is 0 Å². The molecule has 15 heteroatoms. The van der Waals surface area contributed by atoms with Crippen molar-refractivity contribution in [2.75, 3.05) is 0 Å². The van der Waals surface area contributed by atoms with Crippen molar-refractivity contribution in [2.45, 2.75) is 30.4 Å². The fourth-order valence-electron chi connectivity index (χ4n) is 1.58. The van der Waals surface area contributed by atoms with Gasteiger partial charge in [0.1, 0.15) is 0 Å². The molecule has 1 heterocycles. The Hall–Kier alpha value is -1.57. The average Bonchev–Trinajstić information content (AvgIpc) is 2.49. The number of hydrogen-bond donors (Lipinski definition) is 0. The minimum atomic E-state index is -7.05. The van der Waals surface area contributed by atoms with Crippen molar-refractivity contribution in [3.63, 3.8) is 0 Å². The second kappa shape index (κ2) is 4.47. The highest BCUT2D eigenvalue weighted by atomic mass is 19.4. The van der Waals surface area contributed by atoms with E-state index in [1.807, 2.05) is 0 Å². The molecule has 0 aromatic carbocycles. The van der Waals surface area contributed by atoms with Crippen LogP contribution in [0.5, 0.6) is 0 Å². The van der Waals surface area contributed by atoms with E-state index < -0.39 is 47.5 Å². The summed E-state index contributed by atoms with van der Waals surface area (Å²) >= 11 is 0. The second-order valence-electron chi connectivity index (χ2n) is 3.69. The number of nitrogens with zero attached hydrogens (tertiary/aromatic N) is 1. The maximum absolute atomic E-state index is 12.5. The fourth-order valence-corrected chi connectivity index (χ4v) is 1.58. The van der Waals surface area contributed by atoms with Crippen LogP contribution in [0.25, 0.3) is 0 Å². The van der Waals surface area contributed by atoms with E-state index in [0.29, 0.717) is 0 Å². The molecule has 130 valence electrons. The van der Waals surface area contributed by atoms with Crippen molar-refractivity contribution >= 4 is 6.09 Å². The largest absolute Gasteiger partial charge is 0.461 e. The zero-order valence-corrected chi connectivity index (χ0v) is 9.30. The van der Waals surface area contributed by atoms with Crippen LogP contribution >= 0.6 is 0 Å². The average molecular weight is 358 g/mol. The Balaban J connectivity index is 3.75. The molecule has 0 N–H and O–H groups in total. The minimum Gasteiger partial charge on any atom is -0.456 e. The molecule has 0 saturated carbocycles. The Morgan fingerprint density at radius 1 is 0.818 bits per heavy atom. The van der Waals surface area contributed by atoms with E-state index in [0.717, 1.165) is 0 Å². The molecule has 0 bridgehead atoms. The number of carbonyl (C=O) groups is 1. The summed E-state index contributed by atoms with van der Waals surface area (Å²) in [4.78, 5) is 7.98. The van der Waals surface area contributed by atoms with Crippen molar-refractivity contribution in [3.8, 4) is 0 Å². The summed E-state index contributed by atoms with van der Waals surface area (Å²) in [7, 11) is 0. The molecular formula is C7F12NO2-. The molecule has 1 aliphatic heterocycles. The van der Waals surface area contributed by atoms with Gasteiger partial charge in [-0.25, -0.2) is 18.0 Å². The standard InChI is InChI=1S/C7F12NO2/c8-4(9,10)1-3(5(11,12)13,6(14,15)16)22-2(21)20(1)7(17,18)19/q-1. The Kier molecular flexibility index (Phi) is 3.75. The lowest BCUT2D eigenvalue weighted by molar-refractivity contribution is -0.369. The van der Waals surface area contributed by atoms with Gasteiger partial charge in [-0.2, -0.15) is 39.5 Å². The third kappa shape index (κ3) is 2.49. The lowest BCUT2D eigenvalue weighted by Gasteiger charge is -2.48. The van der Waals surface area contributed by atoms with Gasteiger partial charge in [0, 0.05) is 0 Å². The molecule has 0 aromatic rings.